The topological polar surface area (TPSA) is 84.7 Å². The summed E-state index contributed by atoms with van der Waals surface area (Å²) in [5.74, 6) is -0.461. The number of carbonyl (C=O) groups excluding carboxylic acids is 2. The Labute approximate surface area is 120 Å². The molecule has 6 nitrogen and oxygen atoms in total. The highest BCUT2D eigenvalue weighted by atomic mass is 16.5. The molecule has 20 heavy (non-hydrogen) atoms. The number of hydrogen-bond acceptors (Lipinski definition) is 4. The Kier molecular flexibility index (Phi) is 5.37. The Morgan fingerprint density at radius 3 is 2.80 bits per heavy atom. The molecule has 0 aliphatic carbocycles. The second kappa shape index (κ2) is 7.04. The largest absolute Gasteiger partial charge is 0.377 e. The summed E-state index contributed by atoms with van der Waals surface area (Å²) in [5.41, 5.74) is 5.35. The third-order valence-corrected chi connectivity index (χ3v) is 4.28. The maximum atomic E-state index is 12.2. The number of ether oxygens (including phenoxy) is 1. The predicted molar refractivity (Wildman–Crippen MR) is 74.9 cm³/mol. The van der Waals surface area contributed by atoms with Gasteiger partial charge in [0, 0.05) is 25.7 Å². The minimum atomic E-state index is -0.304. The van der Waals surface area contributed by atoms with Gasteiger partial charge in [0.1, 0.15) is 0 Å². The van der Waals surface area contributed by atoms with Gasteiger partial charge in [0.2, 0.25) is 11.8 Å². The molecule has 2 aliphatic rings. The highest BCUT2D eigenvalue weighted by Gasteiger charge is 2.31. The Balaban J connectivity index is 1.76. The lowest BCUT2D eigenvalue weighted by Crippen LogP contribution is -2.51. The number of nitrogens with zero attached hydrogens (tertiary/aromatic N) is 1. The van der Waals surface area contributed by atoms with E-state index in [2.05, 4.69) is 5.32 Å². The molecule has 0 aromatic rings. The predicted octanol–water partition coefficient (Wildman–Crippen LogP) is -0.133. The van der Waals surface area contributed by atoms with Crippen molar-refractivity contribution in [1.82, 2.24) is 10.2 Å². The number of amides is 2. The molecule has 6 heteroatoms. The Hall–Kier alpha value is -1.14. The second-order valence-corrected chi connectivity index (χ2v) is 5.84. The van der Waals surface area contributed by atoms with Crippen molar-refractivity contribution in [1.29, 1.82) is 0 Å². The molecule has 3 atom stereocenters. The molecule has 114 valence electrons. The molecule has 0 aromatic heterocycles. The van der Waals surface area contributed by atoms with Gasteiger partial charge in [-0.1, -0.05) is 0 Å². The summed E-state index contributed by atoms with van der Waals surface area (Å²) in [6.07, 6.45) is 4.02. The van der Waals surface area contributed by atoms with Crippen LogP contribution in [0.5, 0.6) is 0 Å². The summed E-state index contributed by atoms with van der Waals surface area (Å²) in [6, 6.07) is 0.183. The number of hydrogen-bond donors (Lipinski definition) is 2. The van der Waals surface area contributed by atoms with E-state index in [9.17, 15) is 9.59 Å². The minimum Gasteiger partial charge on any atom is -0.377 e. The van der Waals surface area contributed by atoms with E-state index in [0.29, 0.717) is 19.6 Å². The highest BCUT2D eigenvalue weighted by Crippen LogP contribution is 2.21. The van der Waals surface area contributed by atoms with Crippen molar-refractivity contribution in [3.05, 3.63) is 0 Å². The van der Waals surface area contributed by atoms with Crippen molar-refractivity contribution >= 4 is 11.8 Å². The molecule has 3 N–H and O–H groups in total. The molecule has 2 amide bonds. The molecule has 2 fully saturated rings. The van der Waals surface area contributed by atoms with Crippen LogP contribution in [0.25, 0.3) is 0 Å². The average molecular weight is 283 g/mol. The molecular weight excluding hydrogens is 258 g/mol. The van der Waals surface area contributed by atoms with E-state index in [1.807, 2.05) is 6.92 Å². The van der Waals surface area contributed by atoms with Crippen molar-refractivity contribution in [3.63, 3.8) is 0 Å². The molecule has 0 spiro atoms. The van der Waals surface area contributed by atoms with Crippen LogP contribution in [0.3, 0.4) is 0 Å². The number of piperidine rings is 1. The zero-order valence-corrected chi connectivity index (χ0v) is 12.1. The molecule has 2 saturated heterocycles. The lowest BCUT2D eigenvalue weighted by molar-refractivity contribution is -0.136. The zero-order chi connectivity index (χ0) is 14.5. The van der Waals surface area contributed by atoms with Crippen LogP contribution >= 0.6 is 0 Å². The van der Waals surface area contributed by atoms with Gasteiger partial charge in [0.05, 0.1) is 18.6 Å². The first-order chi connectivity index (χ1) is 9.58. The van der Waals surface area contributed by atoms with E-state index < -0.39 is 0 Å². The summed E-state index contributed by atoms with van der Waals surface area (Å²) in [6.45, 7) is 4.32. The van der Waals surface area contributed by atoms with Gasteiger partial charge in [-0.05, 0) is 32.6 Å². The lowest BCUT2D eigenvalue weighted by atomic mass is 9.93. The van der Waals surface area contributed by atoms with Crippen molar-refractivity contribution in [2.45, 2.75) is 44.8 Å². The average Bonchev–Trinajstić information content (AvgIpc) is 2.92. The Bertz CT molecular complexity index is 356. The van der Waals surface area contributed by atoms with E-state index in [-0.39, 0.29) is 29.9 Å². The maximum Gasteiger partial charge on any atom is 0.236 e. The number of carbonyl (C=O) groups is 2. The van der Waals surface area contributed by atoms with Crippen LogP contribution in [-0.4, -0.2) is 55.1 Å². The first-order valence-corrected chi connectivity index (χ1v) is 7.49. The highest BCUT2D eigenvalue weighted by molar-refractivity contribution is 5.81. The third-order valence-electron chi connectivity index (χ3n) is 4.28. The number of nitrogens with one attached hydrogen (secondary N) is 1. The Morgan fingerprint density at radius 2 is 2.15 bits per heavy atom. The van der Waals surface area contributed by atoms with Crippen LogP contribution in [0, 0.1) is 5.92 Å². The maximum absolute atomic E-state index is 12.2. The fourth-order valence-corrected chi connectivity index (χ4v) is 2.93. The van der Waals surface area contributed by atoms with Gasteiger partial charge < -0.3 is 20.7 Å². The van der Waals surface area contributed by atoms with Gasteiger partial charge in [-0.25, -0.2) is 0 Å². The smallest absolute Gasteiger partial charge is 0.236 e. The van der Waals surface area contributed by atoms with Gasteiger partial charge in [-0.3, -0.25) is 9.59 Å². The van der Waals surface area contributed by atoms with Crippen LogP contribution < -0.4 is 11.1 Å². The summed E-state index contributed by atoms with van der Waals surface area (Å²) in [4.78, 5) is 25.3. The number of nitrogens with two attached hydrogens (primary N) is 1. The minimum absolute atomic E-state index is 0.0430. The number of rotatable bonds is 5. The van der Waals surface area contributed by atoms with Gasteiger partial charge in [-0.15, -0.1) is 0 Å². The van der Waals surface area contributed by atoms with Crippen molar-refractivity contribution in [3.8, 4) is 0 Å². The molecule has 2 aliphatic heterocycles. The van der Waals surface area contributed by atoms with E-state index in [0.717, 1.165) is 32.3 Å². The quantitative estimate of drug-likeness (QED) is 0.736. The fraction of sp³-hybridized carbons (Fsp3) is 0.857. The van der Waals surface area contributed by atoms with Gasteiger partial charge in [0.15, 0.2) is 0 Å². The number of likely N-dealkylation sites (tertiary alicyclic amines) is 1. The van der Waals surface area contributed by atoms with Gasteiger partial charge in [0.25, 0.3) is 0 Å². The molecule has 0 unspecified atom stereocenters. The summed E-state index contributed by atoms with van der Waals surface area (Å²) >= 11 is 0. The fourth-order valence-electron chi connectivity index (χ4n) is 2.93. The Morgan fingerprint density at radius 1 is 1.35 bits per heavy atom. The van der Waals surface area contributed by atoms with Crippen molar-refractivity contribution < 1.29 is 14.3 Å². The molecule has 0 bridgehead atoms. The lowest BCUT2D eigenvalue weighted by Gasteiger charge is -2.37. The first-order valence-electron chi connectivity index (χ1n) is 7.49. The third kappa shape index (κ3) is 3.93. The van der Waals surface area contributed by atoms with Crippen LogP contribution in [0.1, 0.15) is 32.6 Å². The first kappa shape index (κ1) is 15.3. The van der Waals surface area contributed by atoms with Crippen LogP contribution in [-0.2, 0) is 14.3 Å². The standard InChI is InChI=1S/C14H25N3O3/c1-10-4-5-11(14(15)19)9-17(10)13(18)8-16-7-12-3-2-6-20-12/h10-12,16H,2-9H2,1H3,(H2,15,19)/t10-,11+,12-/m1/s1. The van der Waals surface area contributed by atoms with E-state index in [1.54, 1.807) is 4.90 Å². The van der Waals surface area contributed by atoms with Gasteiger partial charge >= 0.3 is 0 Å². The molecule has 2 heterocycles. The van der Waals surface area contributed by atoms with Crippen molar-refractivity contribution in [2.75, 3.05) is 26.2 Å². The van der Waals surface area contributed by atoms with Crippen molar-refractivity contribution in [2.24, 2.45) is 11.7 Å². The molecular formula is C14H25N3O3. The summed E-state index contributed by atoms with van der Waals surface area (Å²) < 4.78 is 5.50. The van der Waals surface area contributed by atoms with Crippen LogP contribution in [0.15, 0.2) is 0 Å². The monoisotopic (exact) mass is 283 g/mol. The summed E-state index contributed by atoms with van der Waals surface area (Å²) in [5, 5.41) is 3.16. The summed E-state index contributed by atoms with van der Waals surface area (Å²) in [7, 11) is 0. The zero-order valence-electron chi connectivity index (χ0n) is 12.1. The van der Waals surface area contributed by atoms with Crippen LogP contribution in [0.4, 0.5) is 0 Å². The van der Waals surface area contributed by atoms with Gasteiger partial charge in [-0.2, -0.15) is 0 Å². The van der Waals surface area contributed by atoms with E-state index >= 15 is 0 Å². The molecule has 0 saturated carbocycles. The van der Waals surface area contributed by atoms with Crippen LogP contribution in [0.2, 0.25) is 0 Å². The normalized spacial score (nSPS) is 30.4. The van der Waals surface area contributed by atoms with E-state index in [4.69, 9.17) is 10.5 Å². The SMILES string of the molecule is C[C@@H]1CC[C@H](C(N)=O)CN1C(=O)CNC[C@H]1CCCO1. The van der Waals surface area contributed by atoms with E-state index in [1.165, 1.54) is 0 Å². The molecule has 2 rings (SSSR count). The second-order valence-electron chi connectivity index (χ2n) is 5.84. The number of primary amides is 1. The molecule has 0 radical (unpaired) electrons. The molecule has 0 aromatic carbocycles.